The third kappa shape index (κ3) is 4.81. The standard InChI is InChI=1S/C13H29N3/c1-12(2)9-16(8-7-15(3)4)11-13(10-14)5-6-13/h12H,5-11,14H2,1-4H3. The van der Waals surface area contributed by atoms with Crippen LogP contribution in [0.3, 0.4) is 0 Å². The highest BCUT2D eigenvalue weighted by atomic mass is 15.2. The molecule has 16 heavy (non-hydrogen) atoms. The topological polar surface area (TPSA) is 32.5 Å². The lowest BCUT2D eigenvalue weighted by Crippen LogP contribution is -2.40. The smallest absolute Gasteiger partial charge is 0.0109 e. The molecule has 0 aromatic heterocycles. The van der Waals surface area contributed by atoms with Crippen molar-refractivity contribution < 1.29 is 0 Å². The first-order valence-corrected chi connectivity index (χ1v) is 6.54. The highest BCUT2D eigenvalue weighted by Gasteiger charge is 2.42. The predicted octanol–water partition coefficient (Wildman–Crippen LogP) is 1.24. The van der Waals surface area contributed by atoms with Gasteiger partial charge >= 0.3 is 0 Å². The van der Waals surface area contributed by atoms with Crippen molar-refractivity contribution in [3.05, 3.63) is 0 Å². The maximum absolute atomic E-state index is 5.87. The van der Waals surface area contributed by atoms with Crippen LogP contribution in [-0.4, -0.2) is 56.6 Å². The van der Waals surface area contributed by atoms with Crippen molar-refractivity contribution in [2.45, 2.75) is 26.7 Å². The zero-order valence-electron chi connectivity index (χ0n) is 11.5. The monoisotopic (exact) mass is 227 g/mol. The number of nitrogens with zero attached hydrogens (tertiary/aromatic N) is 2. The molecular formula is C13H29N3. The van der Waals surface area contributed by atoms with Crippen molar-refractivity contribution in [2.75, 3.05) is 46.8 Å². The van der Waals surface area contributed by atoms with E-state index in [-0.39, 0.29) is 0 Å². The largest absolute Gasteiger partial charge is 0.330 e. The summed E-state index contributed by atoms with van der Waals surface area (Å²) in [6, 6.07) is 0. The summed E-state index contributed by atoms with van der Waals surface area (Å²) >= 11 is 0. The van der Waals surface area contributed by atoms with E-state index in [0.29, 0.717) is 5.41 Å². The lowest BCUT2D eigenvalue weighted by Gasteiger charge is -2.29. The Morgan fingerprint density at radius 1 is 1.19 bits per heavy atom. The fourth-order valence-electron chi connectivity index (χ4n) is 2.17. The molecule has 1 rings (SSSR count). The highest BCUT2D eigenvalue weighted by molar-refractivity contribution is 4.96. The molecule has 0 aliphatic heterocycles. The fraction of sp³-hybridized carbons (Fsp3) is 1.00. The predicted molar refractivity (Wildman–Crippen MR) is 70.6 cm³/mol. The van der Waals surface area contributed by atoms with Gasteiger partial charge in [0.25, 0.3) is 0 Å². The molecule has 0 saturated heterocycles. The van der Waals surface area contributed by atoms with E-state index < -0.39 is 0 Å². The van der Waals surface area contributed by atoms with Gasteiger partial charge in [0.1, 0.15) is 0 Å². The zero-order valence-corrected chi connectivity index (χ0v) is 11.5. The van der Waals surface area contributed by atoms with Crippen LogP contribution < -0.4 is 5.73 Å². The van der Waals surface area contributed by atoms with Crippen LogP contribution >= 0.6 is 0 Å². The van der Waals surface area contributed by atoms with Gasteiger partial charge in [-0.2, -0.15) is 0 Å². The van der Waals surface area contributed by atoms with Gasteiger partial charge in [0, 0.05) is 26.2 Å². The molecule has 1 saturated carbocycles. The van der Waals surface area contributed by atoms with Gasteiger partial charge in [-0.05, 0) is 44.8 Å². The molecule has 0 amide bonds. The SMILES string of the molecule is CC(C)CN(CCN(C)C)CC1(CN)CC1. The Morgan fingerprint density at radius 3 is 2.19 bits per heavy atom. The molecule has 3 heteroatoms. The third-order valence-corrected chi connectivity index (χ3v) is 3.44. The molecular weight excluding hydrogens is 198 g/mol. The Kier molecular flexibility index (Phi) is 5.22. The van der Waals surface area contributed by atoms with Crippen LogP contribution in [0.2, 0.25) is 0 Å². The van der Waals surface area contributed by atoms with Crippen LogP contribution in [0, 0.1) is 11.3 Å². The number of hydrogen-bond acceptors (Lipinski definition) is 3. The summed E-state index contributed by atoms with van der Waals surface area (Å²) in [5, 5.41) is 0. The normalized spacial score (nSPS) is 18.8. The van der Waals surface area contributed by atoms with Crippen LogP contribution in [0.5, 0.6) is 0 Å². The van der Waals surface area contributed by atoms with E-state index in [9.17, 15) is 0 Å². The van der Waals surface area contributed by atoms with E-state index in [1.807, 2.05) is 0 Å². The van der Waals surface area contributed by atoms with E-state index >= 15 is 0 Å². The lowest BCUT2D eigenvalue weighted by atomic mass is 10.1. The Morgan fingerprint density at radius 2 is 1.81 bits per heavy atom. The second-order valence-corrected chi connectivity index (χ2v) is 6.14. The average molecular weight is 227 g/mol. The van der Waals surface area contributed by atoms with E-state index in [1.165, 1.54) is 32.5 Å². The summed E-state index contributed by atoms with van der Waals surface area (Å²) in [5.74, 6) is 0.746. The molecule has 2 N–H and O–H groups in total. The zero-order chi connectivity index (χ0) is 12.2. The van der Waals surface area contributed by atoms with Crippen LogP contribution in [0.25, 0.3) is 0 Å². The summed E-state index contributed by atoms with van der Waals surface area (Å²) in [6.45, 7) is 10.2. The molecule has 1 fully saturated rings. The van der Waals surface area contributed by atoms with Gasteiger partial charge < -0.3 is 15.5 Å². The molecule has 1 aliphatic rings. The summed E-state index contributed by atoms with van der Waals surface area (Å²) in [4.78, 5) is 4.86. The second kappa shape index (κ2) is 5.99. The second-order valence-electron chi connectivity index (χ2n) is 6.14. The quantitative estimate of drug-likeness (QED) is 0.677. The van der Waals surface area contributed by atoms with Crippen LogP contribution in [0.1, 0.15) is 26.7 Å². The first-order valence-electron chi connectivity index (χ1n) is 6.54. The van der Waals surface area contributed by atoms with Crippen molar-refractivity contribution in [1.82, 2.24) is 9.80 Å². The molecule has 1 aliphatic carbocycles. The Bertz CT molecular complexity index is 197. The first kappa shape index (κ1) is 13.9. The van der Waals surface area contributed by atoms with Gasteiger partial charge in [-0.1, -0.05) is 13.8 Å². The van der Waals surface area contributed by atoms with Gasteiger partial charge in [-0.3, -0.25) is 0 Å². The van der Waals surface area contributed by atoms with Crippen LogP contribution in [0.15, 0.2) is 0 Å². The number of nitrogens with two attached hydrogens (primary N) is 1. The summed E-state index contributed by atoms with van der Waals surface area (Å²) in [6.07, 6.45) is 2.67. The lowest BCUT2D eigenvalue weighted by molar-refractivity contribution is 0.183. The Balaban J connectivity index is 2.37. The number of rotatable bonds is 8. The number of hydrogen-bond donors (Lipinski definition) is 1. The molecule has 0 unspecified atom stereocenters. The van der Waals surface area contributed by atoms with Crippen molar-refractivity contribution in [3.63, 3.8) is 0 Å². The number of likely N-dealkylation sites (N-methyl/N-ethyl adjacent to an activating group) is 1. The molecule has 0 spiro atoms. The average Bonchev–Trinajstić information content (AvgIpc) is 2.94. The van der Waals surface area contributed by atoms with E-state index in [0.717, 1.165) is 19.0 Å². The van der Waals surface area contributed by atoms with Gasteiger partial charge in [0.15, 0.2) is 0 Å². The maximum Gasteiger partial charge on any atom is 0.0109 e. The molecule has 0 heterocycles. The Labute approximate surface area is 101 Å². The Hall–Kier alpha value is -0.120. The summed E-state index contributed by atoms with van der Waals surface area (Å²) in [7, 11) is 4.28. The van der Waals surface area contributed by atoms with Gasteiger partial charge in [-0.15, -0.1) is 0 Å². The van der Waals surface area contributed by atoms with E-state index in [4.69, 9.17) is 5.73 Å². The molecule has 0 aromatic carbocycles. The van der Waals surface area contributed by atoms with Gasteiger partial charge in [0.2, 0.25) is 0 Å². The minimum absolute atomic E-state index is 0.473. The summed E-state index contributed by atoms with van der Waals surface area (Å²) < 4.78 is 0. The van der Waals surface area contributed by atoms with Crippen molar-refractivity contribution >= 4 is 0 Å². The fourth-order valence-corrected chi connectivity index (χ4v) is 2.17. The molecule has 0 aromatic rings. The van der Waals surface area contributed by atoms with Crippen molar-refractivity contribution in [3.8, 4) is 0 Å². The van der Waals surface area contributed by atoms with E-state index in [1.54, 1.807) is 0 Å². The van der Waals surface area contributed by atoms with Crippen LogP contribution in [0.4, 0.5) is 0 Å². The first-order chi connectivity index (χ1) is 7.47. The van der Waals surface area contributed by atoms with Gasteiger partial charge in [0.05, 0.1) is 0 Å². The minimum Gasteiger partial charge on any atom is -0.330 e. The molecule has 0 atom stereocenters. The molecule has 0 bridgehead atoms. The minimum atomic E-state index is 0.473. The molecule has 0 radical (unpaired) electrons. The highest BCUT2D eigenvalue weighted by Crippen LogP contribution is 2.45. The maximum atomic E-state index is 5.87. The summed E-state index contributed by atoms with van der Waals surface area (Å²) in [5.41, 5.74) is 6.34. The molecule has 3 nitrogen and oxygen atoms in total. The van der Waals surface area contributed by atoms with Gasteiger partial charge in [-0.25, -0.2) is 0 Å². The van der Waals surface area contributed by atoms with Crippen molar-refractivity contribution in [2.24, 2.45) is 17.1 Å². The van der Waals surface area contributed by atoms with Crippen LogP contribution in [-0.2, 0) is 0 Å². The van der Waals surface area contributed by atoms with Crippen molar-refractivity contribution in [1.29, 1.82) is 0 Å². The molecule has 96 valence electrons. The van der Waals surface area contributed by atoms with E-state index in [2.05, 4.69) is 37.7 Å². The third-order valence-electron chi connectivity index (χ3n) is 3.44.